The van der Waals surface area contributed by atoms with Crippen LogP contribution in [0.5, 0.6) is 0 Å². The molecule has 1 aliphatic heterocycles. The number of amides is 1. The van der Waals surface area contributed by atoms with Crippen LogP contribution in [0.25, 0.3) is 10.9 Å². The highest BCUT2D eigenvalue weighted by Gasteiger charge is 2.38. The van der Waals surface area contributed by atoms with Crippen molar-refractivity contribution in [2.45, 2.75) is 32.0 Å². The average Bonchev–Trinajstić information content (AvgIpc) is 3.17. The van der Waals surface area contributed by atoms with Crippen LogP contribution in [-0.2, 0) is 25.7 Å². The minimum Gasteiger partial charge on any atom is -0.448 e. The number of ether oxygens (including phenoxy) is 2. The molecule has 3 rings (SSSR count). The van der Waals surface area contributed by atoms with E-state index in [2.05, 4.69) is 4.74 Å². The fourth-order valence-corrected chi connectivity index (χ4v) is 4.08. The minimum atomic E-state index is -4.80. The summed E-state index contributed by atoms with van der Waals surface area (Å²) >= 11 is 0. The zero-order valence-corrected chi connectivity index (χ0v) is 17.2. The molecule has 1 aromatic carbocycles. The van der Waals surface area contributed by atoms with Gasteiger partial charge in [0.25, 0.3) is 15.6 Å². The number of aromatic amines is 1. The standard InChI is InChI=1S/C17H18F3N3O7S/c1-3-29-16(26)23(31(2,27)28)22-14(24)10-7-9(13-5-4-6-30-13)11(17(18,19)20)8-12(10)21-15(22)25/h7-8,13H,3-6H2,1-2H3,(H,21,25). The van der Waals surface area contributed by atoms with Crippen molar-refractivity contribution in [3.05, 3.63) is 44.1 Å². The highest BCUT2D eigenvalue weighted by molar-refractivity contribution is 7.92. The first-order chi connectivity index (χ1) is 14.4. The maximum atomic E-state index is 13.6. The van der Waals surface area contributed by atoms with E-state index in [4.69, 9.17) is 4.74 Å². The number of alkyl halides is 3. The van der Waals surface area contributed by atoms with Gasteiger partial charge in [-0.05, 0) is 37.5 Å². The van der Waals surface area contributed by atoms with Crippen molar-refractivity contribution in [1.29, 1.82) is 0 Å². The second-order valence-electron chi connectivity index (χ2n) is 6.74. The Bertz CT molecular complexity index is 1240. The van der Waals surface area contributed by atoms with Gasteiger partial charge in [-0.2, -0.15) is 13.2 Å². The minimum absolute atomic E-state index is 0.0256. The molecular weight excluding hydrogens is 447 g/mol. The number of aromatic nitrogens is 2. The van der Waals surface area contributed by atoms with Gasteiger partial charge in [0.2, 0.25) is 0 Å². The quantitative estimate of drug-likeness (QED) is 0.727. The number of carbonyl (C=O) groups is 1. The number of rotatable bonds is 4. The summed E-state index contributed by atoms with van der Waals surface area (Å²) < 4.78 is 74.7. The molecule has 1 N–H and O–H groups in total. The third kappa shape index (κ3) is 4.30. The smallest absolute Gasteiger partial charge is 0.444 e. The predicted octanol–water partition coefficient (Wildman–Crippen LogP) is 1.61. The average molecular weight is 465 g/mol. The molecule has 0 spiro atoms. The Hall–Kier alpha value is -2.87. The van der Waals surface area contributed by atoms with Gasteiger partial charge in [-0.3, -0.25) is 4.79 Å². The Labute approximate surface area is 173 Å². The Morgan fingerprint density at radius 1 is 1.35 bits per heavy atom. The van der Waals surface area contributed by atoms with Crippen LogP contribution >= 0.6 is 0 Å². The van der Waals surface area contributed by atoms with Crippen molar-refractivity contribution in [3.8, 4) is 0 Å². The van der Waals surface area contributed by atoms with Gasteiger partial charge in [-0.1, -0.05) is 4.41 Å². The number of hydrogen-bond donors (Lipinski definition) is 1. The van der Waals surface area contributed by atoms with Crippen molar-refractivity contribution < 1.29 is 35.9 Å². The van der Waals surface area contributed by atoms with Crippen LogP contribution in [-0.4, -0.2) is 43.6 Å². The van der Waals surface area contributed by atoms with Crippen LogP contribution in [0.1, 0.15) is 37.0 Å². The molecule has 1 unspecified atom stereocenters. The molecule has 1 fully saturated rings. The first kappa shape index (κ1) is 22.8. The summed E-state index contributed by atoms with van der Waals surface area (Å²) in [5.74, 6) is 0. The monoisotopic (exact) mass is 465 g/mol. The molecule has 1 amide bonds. The molecule has 1 saturated heterocycles. The molecule has 2 aromatic rings. The van der Waals surface area contributed by atoms with Crippen molar-refractivity contribution in [3.63, 3.8) is 0 Å². The molecule has 170 valence electrons. The first-order valence-corrected chi connectivity index (χ1v) is 10.9. The lowest BCUT2D eigenvalue weighted by Crippen LogP contribution is -2.56. The fourth-order valence-electron chi connectivity index (χ4n) is 3.32. The van der Waals surface area contributed by atoms with Crippen LogP contribution in [0.15, 0.2) is 21.7 Å². The molecule has 2 heterocycles. The molecular formula is C17H18F3N3O7S. The normalized spacial score (nSPS) is 17.1. The molecule has 1 aromatic heterocycles. The number of carbonyl (C=O) groups excluding carboxylic acids is 1. The van der Waals surface area contributed by atoms with Gasteiger partial charge in [-0.15, -0.1) is 4.68 Å². The summed E-state index contributed by atoms with van der Waals surface area (Å²) in [5.41, 5.74) is -4.64. The number of benzene rings is 1. The largest absolute Gasteiger partial charge is 0.448 e. The topological polar surface area (TPSA) is 128 Å². The number of sulfonamides is 1. The van der Waals surface area contributed by atoms with Gasteiger partial charge in [0.1, 0.15) is 0 Å². The van der Waals surface area contributed by atoms with Crippen LogP contribution in [0.2, 0.25) is 0 Å². The second kappa shape index (κ2) is 8.00. The van der Waals surface area contributed by atoms with E-state index in [0.717, 1.165) is 6.07 Å². The zero-order chi connectivity index (χ0) is 23.1. The Morgan fingerprint density at radius 2 is 2.03 bits per heavy atom. The first-order valence-electron chi connectivity index (χ1n) is 9.05. The van der Waals surface area contributed by atoms with Gasteiger partial charge >= 0.3 is 18.0 Å². The molecule has 14 heteroatoms. The number of H-pyrrole nitrogens is 1. The maximum Gasteiger partial charge on any atom is 0.444 e. The summed E-state index contributed by atoms with van der Waals surface area (Å²) in [6.45, 7) is 1.35. The Morgan fingerprint density at radius 3 is 2.55 bits per heavy atom. The molecule has 1 atom stereocenters. The third-order valence-corrected chi connectivity index (χ3v) is 5.49. The highest BCUT2D eigenvalue weighted by atomic mass is 32.2. The van der Waals surface area contributed by atoms with E-state index in [0.29, 0.717) is 18.7 Å². The molecule has 0 radical (unpaired) electrons. The van der Waals surface area contributed by atoms with Crippen LogP contribution in [0.3, 0.4) is 0 Å². The predicted molar refractivity (Wildman–Crippen MR) is 102 cm³/mol. The molecule has 0 saturated carbocycles. The van der Waals surface area contributed by atoms with Gasteiger partial charge in [0, 0.05) is 6.61 Å². The van der Waals surface area contributed by atoms with E-state index in [1.54, 1.807) is 0 Å². The van der Waals surface area contributed by atoms with Crippen LogP contribution < -0.4 is 15.7 Å². The lowest BCUT2D eigenvalue weighted by Gasteiger charge is -2.21. The van der Waals surface area contributed by atoms with E-state index in [-0.39, 0.29) is 34.3 Å². The third-order valence-electron chi connectivity index (χ3n) is 4.55. The SMILES string of the molecule is CCOC(=O)N(n1c(=O)[nH]c2cc(C(F)(F)F)c(C3CCCO3)cc2c1=O)S(C)(=O)=O. The lowest BCUT2D eigenvalue weighted by atomic mass is 9.97. The van der Waals surface area contributed by atoms with Crippen molar-refractivity contribution in [2.24, 2.45) is 0 Å². The van der Waals surface area contributed by atoms with Crippen LogP contribution in [0.4, 0.5) is 18.0 Å². The van der Waals surface area contributed by atoms with E-state index in [9.17, 15) is 36.0 Å². The highest BCUT2D eigenvalue weighted by Crippen LogP contribution is 2.40. The van der Waals surface area contributed by atoms with Crippen molar-refractivity contribution in [1.82, 2.24) is 9.66 Å². The zero-order valence-electron chi connectivity index (χ0n) is 16.4. The van der Waals surface area contributed by atoms with Crippen LogP contribution in [0, 0.1) is 0 Å². The molecule has 0 aliphatic carbocycles. The van der Waals surface area contributed by atoms with Gasteiger partial charge < -0.3 is 14.5 Å². The number of nitrogens with one attached hydrogen (secondary N) is 1. The van der Waals surface area contributed by atoms with E-state index < -0.39 is 56.1 Å². The molecule has 31 heavy (non-hydrogen) atoms. The lowest BCUT2D eigenvalue weighted by molar-refractivity contribution is -0.139. The summed E-state index contributed by atoms with van der Waals surface area (Å²) in [6.07, 6.45) is -5.90. The maximum absolute atomic E-state index is 13.6. The van der Waals surface area contributed by atoms with Gasteiger partial charge in [0.05, 0.1) is 35.4 Å². The molecule has 10 nitrogen and oxygen atoms in total. The second-order valence-corrected chi connectivity index (χ2v) is 8.55. The number of hydrogen-bond acceptors (Lipinski definition) is 7. The molecule has 0 bridgehead atoms. The Kier molecular flexibility index (Phi) is 5.88. The van der Waals surface area contributed by atoms with Gasteiger partial charge in [0.15, 0.2) is 0 Å². The summed E-state index contributed by atoms with van der Waals surface area (Å²) in [4.78, 5) is 39.6. The van der Waals surface area contributed by atoms with Crippen molar-refractivity contribution >= 4 is 27.0 Å². The fraction of sp³-hybridized carbons (Fsp3) is 0.471. The summed E-state index contributed by atoms with van der Waals surface area (Å²) in [7, 11) is -4.51. The van der Waals surface area contributed by atoms with E-state index in [1.807, 2.05) is 4.98 Å². The summed E-state index contributed by atoms with van der Waals surface area (Å²) in [6, 6.07) is 1.49. The van der Waals surface area contributed by atoms with E-state index >= 15 is 0 Å². The Balaban J connectivity index is 2.35. The number of nitrogens with zero attached hydrogens (tertiary/aromatic N) is 2. The van der Waals surface area contributed by atoms with Crippen molar-refractivity contribution in [2.75, 3.05) is 23.9 Å². The van der Waals surface area contributed by atoms with E-state index in [1.165, 1.54) is 6.92 Å². The number of fused-ring (bicyclic) bond motifs is 1. The molecule has 1 aliphatic rings. The summed E-state index contributed by atoms with van der Waals surface area (Å²) in [5, 5.41) is -0.434. The van der Waals surface area contributed by atoms with Gasteiger partial charge in [-0.25, -0.2) is 18.0 Å². The number of halogens is 3.